The second kappa shape index (κ2) is 18.8. The molecule has 0 aromatic rings. The molecule has 2 rings (SSSR count). The van der Waals surface area contributed by atoms with E-state index in [4.69, 9.17) is 15.2 Å². The number of ether oxygens (including phenoxy) is 2. The van der Waals surface area contributed by atoms with E-state index in [1.807, 2.05) is 76.3 Å². The number of rotatable bonds is 4. The van der Waals surface area contributed by atoms with E-state index in [9.17, 15) is 20.1 Å². The van der Waals surface area contributed by atoms with Crippen molar-refractivity contribution in [2.75, 3.05) is 6.61 Å². The normalized spacial score (nSPS) is 31.5. The van der Waals surface area contributed by atoms with Gasteiger partial charge in [-0.2, -0.15) is 0 Å². The maximum atomic E-state index is 13.2. The number of amides is 1. The highest BCUT2D eigenvalue weighted by molar-refractivity contribution is 5.94. The van der Waals surface area contributed by atoms with E-state index in [-0.39, 0.29) is 18.6 Å². The number of nitrogens with two attached hydrogens (primary N) is 1. The molecule has 7 unspecified atom stereocenters. The third-order valence-electron chi connectivity index (χ3n) is 7.37. The Bertz CT molecular complexity index is 1250. The standard InChI is InChI=1S/C37H54N2O6/c1-25(2)22-30-23-28(5)15-9-8-12-21-37(7,43)32(45-36-33(38)34(41)31(40)24-44-36)18-11-10-14-26(3)16-13-17-27(4)19-20-29(6)39-35(30)42/h8-19,21,23,25,29,31-34,36,40-41,43H,20,22,24,38H2,1-7H3,(H,39,42). The number of allylic oxidation sites excluding steroid dienone is 14. The molecule has 45 heavy (non-hydrogen) atoms. The summed E-state index contributed by atoms with van der Waals surface area (Å²) in [6, 6.07) is -1.01. The molecule has 1 saturated heterocycles. The Morgan fingerprint density at radius 2 is 1.71 bits per heavy atom. The lowest BCUT2D eigenvalue weighted by atomic mass is 9.96. The lowest BCUT2D eigenvalue weighted by molar-refractivity contribution is -0.251. The number of aliphatic hydroxyl groups excluding tert-OH is 2. The predicted octanol–water partition coefficient (Wildman–Crippen LogP) is 5.03. The van der Waals surface area contributed by atoms with Crippen molar-refractivity contribution in [2.24, 2.45) is 11.7 Å². The summed E-state index contributed by atoms with van der Waals surface area (Å²) in [5, 5.41) is 34.7. The summed E-state index contributed by atoms with van der Waals surface area (Å²) in [6.07, 6.45) is 23.2. The fourth-order valence-corrected chi connectivity index (χ4v) is 4.66. The molecule has 0 aliphatic carbocycles. The molecule has 8 nitrogen and oxygen atoms in total. The highest BCUT2D eigenvalue weighted by atomic mass is 16.7. The zero-order valence-corrected chi connectivity index (χ0v) is 27.9. The summed E-state index contributed by atoms with van der Waals surface area (Å²) >= 11 is 0. The molecule has 0 aromatic carbocycles. The molecule has 2 heterocycles. The summed E-state index contributed by atoms with van der Waals surface area (Å²) in [5.41, 5.74) is 8.35. The summed E-state index contributed by atoms with van der Waals surface area (Å²) in [7, 11) is 0. The molecule has 2 aliphatic heterocycles. The number of aliphatic hydroxyl groups is 3. The first-order chi connectivity index (χ1) is 21.2. The SMILES string of the molecule is CC1=CC=CC(C)=CCC(C)NC(=O)C(CC(C)C)=CC(C)=CC=CC=CC(C)(O)C(OC2OCC(O)C(O)C2N)C=CC=C1. The Morgan fingerprint density at radius 1 is 1.02 bits per heavy atom. The molecule has 0 saturated carbocycles. The number of carbonyl (C=O) groups excluding carboxylic acids is 1. The van der Waals surface area contributed by atoms with Gasteiger partial charge in [-0.15, -0.1) is 0 Å². The number of hydrogen-bond acceptors (Lipinski definition) is 7. The molecular weight excluding hydrogens is 568 g/mol. The summed E-state index contributed by atoms with van der Waals surface area (Å²) in [5.74, 6) is 0.260. The molecule has 0 aromatic heterocycles. The molecule has 6 N–H and O–H groups in total. The van der Waals surface area contributed by atoms with Crippen LogP contribution in [-0.2, 0) is 14.3 Å². The molecular formula is C37H54N2O6. The molecule has 1 amide bonds. The van der Waals surface area contributed by atoms with Gasteiger partial charge in [-0.05, 0) is 53.4 Å². The van der Waals surface area contributed by atoms with Gasteiger partial charge in [0.2, 0.25) is 5.91 Å². The number of nitrogens with one attached hydrogen (secondary N) is 1. The number of carbonyl (C=O) groups is 1. The monoisotopic (exact) mass is 622 g/mol. The lowest BCUT2D eigenvalue weighted by Crippen LogP contribution is -2.59. The van der Waals surface area contributed by atoms with E-state index in [0.717, 1.165) is 28.7 Å². The summed E-state index contributed by atoms with van der Waals surface area (Å²) < 4.78 is 11.6. The van der Waals surface area contributed by atoms with Gasteiger partial charge >= 0.3 is 0 Å². The van der Waals surface area contributed by atoms with Crippen molar-refractivity contribution in [3.8, 4) is 0 Å². The Labute approximate surface area is 269 Å². The van der Waals surface area contributed by atoms with Crippen molar-refractivity contribution in [3.63, 3.8) is 0 Å². The zero-order valence-electron chi connectivity index (χ0n) is 27.9. The molecule has 1 fully saturated rings. The van der Waals surface area contributed by atoms with E-state index in [2.05, 4.69) is 25.2 Å². The van der Waals surface area contributed by atoms with Crippen LogP contribution in [0.5, 0.6) is 0 Å². The van der Waals surface area contributed by atoms with Crippen LogP contribution in [0.2, 0.25) is 0 Å². The maximum absolute atomic E-state index is 13.2. The summed E-state index contributed by atoms with van der Waals surface area (Å²) in [6.45, 7) is 13.6. The van der Waals surface area contributed by atoms with Gasteiger partial charge in [0.25, 0.3) is 0 Å². The van der Waals surface area contributed by atoms with E-state index >= 15 is 0 Å². The molecule has 0 spiro atoms. The van der Waals surface area contributed by atoms with Gasteiger partial charge in [-0.3, -0.25) is 4.79 Å². The van der Waals surface area contributed by atoms with Crippen molar-refractivity contribution >= 4 is 5.91 Å². The van der Waals surface area contributed by atoms with Crippen LogP contribution in [0.1, 0.15) is 61.3 Å². The fraction of sp³-hybridized carbons (Fsp3) is 0.486. The van der Waals surface area contributed by atoms with Crippen LogP contribution in [0, 0.1) is 5.92 Å². The first-order valence-corrected chi connectivity index (χ1v) is 15.7. The van der Waals surface area contributed by atoms with Crippen LogP contribution in [-0.4, -0.2) is 70.1 Å². The van der Waals surface area contributed by atoms with Crippen molar-refractivity contribution < 1.29 is 29.6 Å². The molecule has 0 bridgehead atoms. The van der Waals surface area contributed by atoms with E-state index in [1.54, 1.807) is 37.3 Å². The van der Waals surface area contributed by atoms with Crippen LogP contribution in [0.4, 0.5) is 0 Å². The van der Waals surface area contributed by atoms with Gasteiger partial charge in [0.1, 0.15) is 23.9 Å². The third-order valence-corrected chi connectivity index (χ3v) is 7.37. The molecule has 248 valence electrons. The van der Waals surface area contributed by atoms with Crippen LogP contribution < -0.4 is 11.1 Å². The Balaban J connectivity index is 2.44. The van der Waals surface area contributed by atoms with E-state index in [0.29, 0.717) is 12.3 Å². The molecule has 7 atom stereocenters. The van der Waals surface area contributed by atoms with Crippen molar-refractivity contribution in [1.82, 2.24) is 5.32 Å². The predicted molar refractivity (Wildman–Crippen MR) is 182 cm³/mol. The first kappa shape index (κ1) is 38.1. The maximum Gasteiger partial charge on any atom is 0.247 e. The largest absolute Gasteiger partial charge is 0.389 e. The van der Waals surface area contributed by atoms with E-state index < -0.39 is 36.2 Å². The van der Waals surface area contributed by atoms with Crippen LogP contribution in [0.25, 0.3) is 0 Å². The van der Waals surface area contributed by atoms with Gasteiger partial charge < -0.3 is 35.8 Å². The van der Waals surface area contributed by atoms with Crippen LogP contribution in [0.15, 0.2) is 107 Å². The Hall–Kier alpha value is -3.11. The van der Waals surface area contributed by atoms with Gasteiger partial charge in [0.15, 0.2) is 6.29 Å². The van der Waals surface area contributed by atoms with Crippen molar-refractivity contribution in [2.45, 2.75) is 104 Å². The van der Waals surface area contributed by atoms with Crippen LogP contribution >= 0.6 is 0 Å². The smallest absolute Gasteiger partial charge is 0.247 e. The molecule has 2 aliphatic rings. The number of hydrogen-bond donors (Lipinski definition) is 5. The zero-order chi connectivity index (χ0) is 33.6. The minimum atomic E-state index is -1.48. The minimum Gasteiger partial charge on any atom is -0.389 e. The Morgan fingerprint density at radius 3 is 2.42 bits per heavy atom. The van der Waals surface area contributed by atoms with Crippen LogP contribution in [0.3, 0.4) is 0 Å². The van der Waals surface area contributed by atoms with E-state index in [1.165, 1.54) is 0 Å². The van der Waals surface area contributed by atoms with Gasteiger partial charge in [-0.25, -0.2) is 0 Å². The first-order valence-electron chi connectivity index (χ1n) is 15.7. The fourth-order valence-electron chi connectivity index (χ4n) is 4.66. The Kier molecular flexibility index (Phi) is 15.9. The quantitative estimate of drug-likeness (QED) is 0.297. The van der Waals surface area contributed by atoms with Gasteiger partial charge in [0, 0.05) is 11.6 Å². The second-order valence-corrected chi connectivity index (χ2v) is 12.6. The average molecular weight is 623 g/mol. The minimum absolute atomic E-state index is 0.0130. The topological polar surface area (TPSA) is 134 Å². The third kappa shape index (κ3) is 13.8. The second-order valence-electron chi connectivity index (χ2n) is 12.6. The average Bonchev–Trinajstić information content (AvgIpc) is 2.96. The van der Waals surface area contributed by atoms with Crippen molar-refractivity contribution in [3.05, 3.63) is 107 Å². The summed E-state index contributed by atoms with van der Waals surface area (Å²) in [4.78, 5) is 13.2. The highest BCUT2D eigenvalue weighted by Gasteiger charge is 2.40. The highest BCUT2D eigenvalue weighted by Crippen LogP contribution is 2.24. The molecule has 8 heteroatoms. The van der Waals surface area contributed by atoms with Gasteiger partial charge in [0.05, 0.1) is 12.6 Å². The van der Waals surface area contributed by atoms with Crippen molar-refractivity contribution in [1.29, 1.82) is 0 Å². The lowest BCUT2D eigenvalue weighted by Gasteiger charge is -2.39. The van der Waals surface area contributed by atoms with Gasteiger partial charge in [-0.1, -0.05) is 116 Å². The molecule has 0 radical (unpaired) electrons.